The van der Waals surface area contributed by atoms with Crippen LogP contribution in [0.4, 0.5) is 11.4 Å². The number of nitrogens with one attached hydrogen (secondary N) is 1. The smallest absolute Gasteiger partial charge is 0.337 e. The van der Waals surface area contributed by atoms with Gasteiger partial charge in [-0.3, -0.25) is 4.79 Å². The summed E-state index contributed by atoms with van der Waals surface area (Å²) in [6.45, 7) is 1.84. The molecule has 0 radical (unpaired) electrons. The van der Waals surface area contributed by atoms with Crippen LogP contribution in [-0.4, -0.2) is 38.2 Å². The van der Waals surface area contributed by atoms with Crippen LogP contribution in [0.5, 0.6) is 5.75 Å². The summed E-state index contributed by atoms with van der Waals surface area (Å²) >= 11 is 6.03. The second-order valence-corrected chi connectivity index (χ2v) is 7.41. The van der Waals surface area contributed by atoms with Crippen LogP contribution in [0.2, 0.25) is 5.02 Å². The third-order valence-electron chi connectivity index (χ3n) is 5.11. The number of carbonyl (C=O) groups excluding carboxylic acids is 2. The molecule has 0 aromatic heterocycles. The van der Waals surface area contributed by atoms with Gasteiger partial charge in [0, 0.05) is 24.5 Å². The van der Waals surface area contributed by atoms with E-state index in [0.29, 0.717) is 28.4 Å². The molecule has 2 heterocycles. The summed E-state index contributed by atoms with van der Waals surface area (Å²) in [5.74, 6) is -0.0231. The number of esters is 1. The highest BCUT2D eigenvalue weighted by Crippen LogP contribution is 2.34. The van der Waals surface area contributed by atoms with Crippen molar-refractivity contribution in [3.05, 3.63) is 52.5 Å². The van der Waals surface area contributed by atoms with Gasteiger partial charge in [0.2, 0.25) is 0 Å². The highest BCUT2D eigenvalue weighted by Gasteiger charge is 2.30. The third kappa shape index (κ3) is 3.64. The van der Waals surface area contributed by atoms with E-state index in [4.69, 9.17) is 21.1 Å². The zero-order chi connectivity index (χ0) is 19.7. The molecule has 4 rings (SSSR count). The summed E-state index contributed by atoms with van der Waals surface area (Å²) in [6.07, 6.45) is 2.03. The number of methoxy groups -OCH3 is 1. The molecule has 0 bridgehead atoms. The average molecular weight is 401 g/mol. The highest BCUT2D eigenvalue weighted by molar-refractivity contribution is 6.30. The van der Waals surface area contributed by atoms with E-state index in [1.807, 2.05) is 12.1 Å². The van der Waals surface area contributed by atoms with Crippen LogP contribution in [-0.2, 0) is 16.0 Å². The second kappa shape index (κ2) is 7.72. The van der Waals surface area contributed by atoms with Crippen molar-refractivity contribution in [2.24, 2.45) is 0 Å². The van der Waals surface area contributed by atoms with Gasteiger partial charge in [-0.2, -0.15) is 0 Å². The molecule has 6 nitrogen and oxygen atoms in total. The van der Waals surface area contributed by atoms with E-state index in [2.05, 4.69) is 10.2 Å². The molecule has 2 aliphatic rings. The average Bonchev–Trinajstić information content (AvgIpc) is 3.36. The molecular weight excluding hydrogens is 380 g/mol. The van der Waals surface area contributed by atoms with Crippen LogP contribution >= 0.6 is 11.6 Å². The topological polar surface area (TPSA) is 67.9 Å². The number of carbonyl (C=O) groups is 2. The number of amides is 1. The molecule has 2 aliphatic heterocycles. The summed E-state index contributed by atoms with van der Waals surface area (Å²) in [7, 11) is 1.34. The predicted molar refractivity (Wildman–Crippen MR) is 107 cm³/mol. The maximum atomic E-state index is 12.9. The molecule has 146 valence electrons. The molecule has 1 N–H and O–H groups in total. The van der Waals surface area contributed by atoms with Gasteiger partial charge in [-0.25, -0.2) is 4.79 Å². The summed E-state index contributed by atoms with van der Waals surface area (Å²) in [5, 5.41) is 3.57. The van der Waals surface area contributed by atoms with Gasteiger partial charge in [0.15, 0.2) is 6.10 Å². The molecule has 1 atom stereocenters. The van der Waals surface area contributed by atoms with E-state index in [-0.39, 0.29) is 5.91 Å². The van der Waals surface area contributed by atoms with Crippen LogP contribution in [0.15, 0.2) is 36.4 Å². The first kappa shape index (κ1) is 18.6. The zero-order valence-corrected chi connectivity index (χ0v) is 16.3. The lowest BCUT2D eigenvalue weighted by Gasteiger charge is -2.23. The van der Waals surface area contributed by atoms with E-state index in [1.54, 1.807) is 24.3 Å². The standard InChI is InChI=1S/C21H21ClN2O4/c1-27-21(26)13-4-6-17(24-8-2-3-9-24)16(11-13)23-20(25)19-12-14-10-15(22)5-7-18(14)28-19/h4-7,10-11,19H,2-3,8-9,12H2,1H3,(H,23,25). The molecule has 0 saturated carbocycles. The molecule has 0 spiro atoms. The van der Waals surface area contributed by atoms with Crippen molar-refractivity contribution < 1.29 is 19.1 Å². The Labute approximate surface area is 168 Å². The van der Waals surface area contributed by atoms with E-state index >= 15 is 0 Å². The van der Waals surface area contributed by atoms with E-state index in [9.17, 15) is 9.59 Å². The minimum absolute atomic E-state index is 0.255. The SMILES string of the molecule is COC(=O)c1ccc(N2CCCC2)c(NC(=O)C2Cc3cc(Cl)ccc3O2)c1. The van der Waals surface area contributed by atoms with Crippen molar-refractivity contribution in [3.63, 3.8) is 0 Å². The normalized spacial score (nSPS) is 17.8. The lowest BCUT2D eigenvalue weighted by Crippen LogP contribution is -2.32. The Morgan fingerprint density at radius 1 is 1.18 bits per heavy atom. The maximum absolute atomic E-state index is 12.9. The van der Waals surface area contributed by atoms with Crippen molar-refractivity contribution in [2.45, 2.75) is 25.4 Å². The van der Waals surface area contributed by atoms with Crippen molar-refractivity contribution >= 4 is 34.9 Å². The number of hydrogen-bond acceptors (Lipinski definition) is 5. The predicted octanol–water partition coefficient (Wildman–Crippen LogP) is 3.67. The Balaban J connectivity index is 1.57. The van der Waals surface area contributed by atoms with Crippen molar-refractivity contribution in [1.82, 2.24) is 0 Å². The molecule has 7 heteroatoms. The lowest BCUT2D eigenvalue weighted by atomic mass is 10.1. The number of benzene rings is 2. The minimum atomic E-state index is -0.637. The number of halogens is 1. The van der Waals surface area contributed by atoms with Crippen molar-refractivity contribution in [2.75, 3.05) is 30.4 Å². The molecule has 1 saturated heterocycles. The number of fused-ring (bicyclic) bond motifs is 1. The quantitative estimate of drug-likeness (QED) is 0.793. The largest absolute Gasteiger partial charge is 0.480 e. The minimum Gasteiger partial charge on any atom is -0.480 e. The van der Waals surface area contributed by atoms with Gasteiger partial charge in [0.25, 0.3) is 5.91 Å². The fourth-order valence-corrected chi connectivity index (χ4v) is 3.89. The molecule has 1 unspecified atom stereocenters. The fourth-order valence-electron chi connectivity index (χ4n) is 3.69. The van der Waals surface area contributed by atoms with Crippen LogP contribution in [0.25, 0.3) is 0 Å². The Morgan fingerprint density at radius 3 is 2.71 bits per heavy atom. The first-order valence-electron chi connectivity index (χ1n) is 9.28. The van der Waals surface area contributed by atoms with Gasteiger partial charge in [0.05, 0.1) is 24.0 Å². The summed E-state index contributed by atoms with van der Waals surface area (Å²) in [5.41, 5.74) is 2.79. The van der Waals surface area contributed by atoms with Crippen LogP contribution < -0.4 is 15.0 Å². The number of ether oxygens (including phenoxy) is 2. The maximum Gasteiger partial charge on any atom is 0.337 e. The van der Waals surface area contributed by atoms with Gasteiger partial charge < -0.3 is 19.7 Å². The van der Waals surface area contributed by atoms with Crippen molar-refractivity contribution in [3.8, 4) is 5.75 Å². The molecule has 1 amide bonds. The van der Waals surface area contributed by atoms with Gasteiger partial charge in [0.1, 0.15) is 5.75 Å². The monoisotopic (exact) mass is 400 g/mol. The van der Waals surface area contributed by atoms with Gasteiger partial charge >= 0.3 is 5.97 Å². The first-order chi connectivity index (χ1) is 13.5. The molecule has 1 fully saturated rings. The Kier molecular flexibility index (Phi) is 5.13. The highest BCUT2D eigenvalue weighted by atomic mass is 35.5. The molecule has 0 aliphatic carbocycles. The van der Waals surface area contributed by atoms with Gasteiger partial charge in [-0.15, -0.1) is 0 Å². The fraction of sp³-hybridized carbons (Fsp3) is 0.333. The summed E-state index contributed by atoms with van der Waals surface area (Å²) < 4.78 is 10.6. The Morgan fingerprint density at radius 2 is 1.96 bits per heavy atom. The molecule has 2 aromatic rings. The summed E-state index contributed by atoms with van der Waals surface area (Å²) in [6, 6.07) is 10.6. The van der Waals surface area contributed by atoms with E-state index in [0.717, 1.165) is 37.2 Å². The molecule has 28 heavy (non-hydrogen) atoms. The van der Waals surface area contributed by atoms with Crippen LogP contribution in [0, 0.1) is 0 Å². The van der Waals surface area contributed by atoms with Gasteiger partial charge in [-0.05, 0) is 54.8 Å². The van der Waals surface area contributed by atoms with Crippen LogP contribution in [0.3, 0.4) is 0 Å². The second-order valence-electron chi connectivity index (χ2n) is 6.97. The van der Waals surface area contributed by atoms with E-state index < -0.39 is 12.1 Å². The molecular formula is C21H21ClN2O4. The Bertz CT molecular complexity index is 925. The molecule has 2 aromatic carbocycles. The van der Waals surface area contributed by atoms with Gasteiger partial charge in [-0.1, -0.05) is 11.6 Å². The van der Waals surface area contributed by atoms with E-state index in [1.165, 1.54) is 7.11 Å². The van der Waals surface area contributed by atoms with Crippen molar-refractivity contribution in [1.29, 1.82) is 0 Å². The van der Waals surface area contributed by atoms with Crippen LogP contribution in [0.1, 0.15) is 28.8 Å². The number of nitrogens with zero attached hydrogens (tertiary/aromatic N) is 1. The first-order valence-corrected chi connectivity index (χ1v) is 9.66. The third-order valence-corrected chi connectivity index (χ3v) is 5.35. The number of rotatable bonds is 4. The zero-order valence-electron chi connectivity index (χ0n) is 15.5. The Hall–Kier alpha value is -2.73. The lowest BCUT2D eigenvalue weighted by molar-refractivity contribution is -0.122. The number of hydrogen-bond donors (Lipinski definition) is 1. The number of anilines is 2. The summed E-state index contributed by atoms with van der Waals surface area (Å²) in [4.78, 5) is 27.0.